The van der Waals surface area contributed by atoms with Crippen LogP contribution < -0.4 is 4.72 Å². The number of hydrogen-bond donors (Lipinski definition) is 1. The summed E-state index contributed by atoms with van der Waals surface area (Å²) in [5, 5.41) is 0.476. The normalized spacial score (nSPS) is 11.4. The van der Waals surface area contributed by atoms with Crippen molar-refractivity contribution in [3.63, 3.8) is 0 Å². The summed E-state index contributed by atoms with van der Waals surface area (Å²) in [6, 6.07) is 5.91. The minimum Gasteiger partial charge on any atom is -0.343 e. The first kappa shape index (κ1) is 18.9. The highest BCUT2D eigenvalue weighted by molar-refractivity contribution is 7.89. The van der Waals surface area contributed by atoms with E-state index < -0.39 is 10.0 Å². The van der Waals surface area contributed by atoms with Crippen molar-refractivity contribution in [1.82, 2.24) is 9.62 Å². The van der Waals surface area contributed by atoms with Gasteiger partial charge in [0.05, 0.1) is 4.90 Å². The van der Waals surface area contributed by atoms with Gasteiger partial charge >= 0.3 is 0 Å². The third kappa shape index (κ3) is 5.94. The molecular formula is C15H23ClN2O3S. The van der Waals surface area contributed by atoms with Crippen molar-refractivity contribution in [1.29, 1.82) is 0 Å². The summed E-state index contributed by atoms with van der Waals surface area (Å²) in [5.74, 6) is -0.0326. The van der Waals surface area contributed by atoms with Gasteiger partial charge in [-0.15, -0.1) is 0 Å². The highest BCUT2D eigenvalue weighted by Gasteiger charge is 2.15. The lowest BCUT2D eigenvalue weighted by Crippen LogP contribution is -2.35. The number of nitrogens with one attached hydrogen (secondary N) is 1. The largest absolute Gasteiger partial charge is 0.343 e. The first-order valence-corrected chi connectivity index (χ1v) is 9.29. The summed E-state index contributed by atoms with van der Waals surface area (Å²) in [6.45, 7) is 5.44. The Bertz CT molecular complexity index is 573. The van der Waals surface area contributed by atoms with E-state index in [0.717, 1.165) is 19.4 Å². The van der Waals surface area contributed by atoms with Gasteiger partial charge in [0.1, 0.15) is 0 Å². The fourth-order valence-electron chi connectivity index (χ4n) is 1.96. The van der Waals surface area contributed by atoms with Crippen LogP contribution in [0.4, 0.5) is 0 Å². The van der Waals surface area contributed by atoms with E-state index in [1.807, 2.05) is 6.92 Å². The zero-order chi connectivity index (χ0) is 16.6. The second-order valence-corrected chi connectivity index (χ2v) is 7.13. The second kappa shape index (κ2) is 9.12. The predicted octanol–water partition coefficient (Wildman–Crippen LogP) is 2.66. The third-order valence-corrected chi connectivity index (χ3v) is 5.00. The molecule has 1 amide bonds. The highest BCUT2D eigenvalue weighted by atomic mass is 35.5. The minimum atomic E-state index is -3.60. The topological polar surface area (TPSA) is 66.5 Å². The van der Waals surface area contributed by atoms with E-state index in [1.165, 1.54) is 24.3 Å². The Morgan fingerprint density at radius 3 is 2.41 bits per heavy atom. The molecule has 0 atom stereocenters. The van der Waals surface area contributed by atoms with Gasteiger partial charge in [-0.25, -0.2) is 13.1 Å². The number of nitrogens with zero attached hydrogens (tertiary/aromatic N) is 1. The maximum Gasteiger partial charge on any atom is 0.240 e. The van der Waals surface area contributed by atoms with Crippen LogP contribution in [0.3, 0.4) is 0 Å². The lowest BCUT2D eigenvalue weighted by Gasteiger charge is -2.20. The van der Waals surface area contributed by atoms with Crippen LogP contribution in [0.5, 0.6) is 0 Å². The number of rotatable bonds is 9. The Balaban J connectivity index is 2.51. The van der Waals surface area contributed by atoms with E-state index in [1.54, 1.807) is 4.90 Å². The van der Waals surface area contributed by atoms with Crippen LogP contribution in [0.1, 0.15) is 33.1 Å². The maximum absolute atomic E-state index is 12.1. The molecule has 0 radical (unpaired) electrons. The molecule has 0 bridgehead atoms. The van der Waals surface area contributed by atoms with Crippen LogP contribution in [0.2, 0.25) is 5.02 Å². The van der Waals surface area contributed by atoms with E-state index in [0.29, 0.717) is 11.6 Å². The summed E-state index contributed by atoms with van der Waals surface area (Å²) in [5.41, 5.74) is 0. The van der Waals surface area contributed by atoms with Crippen molar-refractivity contribution < 1.29 is 13.2 Å². The summed E-state index contributed by atoms with van der Waals surface area (Å²) in [7, 11) is -3.60. The highest BCUT2D eigenvalue weighted by Crippen LogP contribution is 2.13. The zero-order valence-electron chi connectivity index (χ0n) is 13.0. The molecule has 22 heavy (non-hydrogen) atoms. The van der Waals surface area contributed by atoms with Gasteiger partial charge in [-0.1, -0.05) is 24.9 Å². The van der Waals surface area contributed by atoms with Crippen molar-refractivity contribution >= 4 is 27.5 Å². The van der Waals surface area contributed by atoms with Gasteiger partial charge in [0.15, 0.2) is 0 Å². The first-order valence-electron chi connectivity index (χ1n) is 7.43. The average Bonchev–Trinajstić information content (AvgIpc) is 2.48. The number of benzene rings is 1. The monoisotopic (exact) mass is 346 g/mol. The predicted molar refractivity (Wildman–Crippen MR) is 88.4 cm³/mol. The van der Waals surface area contributed by atoms with Gasteiger partial charge in [-0.05, 0) is 37.6 Å². The second-order valence-electron chi connectivity index (χ2n) is 4.93. The van der Waals surface area contributed by atoms with E-state index in [-0.39, 0.29) is 23.8 Å². The Kier molecular flexibility index (Phi) is 7.85. The SMILES string of the molecule is CCCCN(CC)C(=O)CCNS(=O)(=O)c1ccc(Cl)cc1. The molecule has 7 heteroatoms. The van der Waals surface area contributed by atoms with E-state index in [2.05, 4.69) is 11.6 Å². The first-order chi connectivity index (χ1) is 10.4. The van der Waals surface area contributed by atoms with Crippen LogP contribution in [0, 0.1) is 0 Å². The van der Waals surface area contributed by atoms with Gasteiger partial charge < -0.3 is 4.90 Å². The van der Waals surface area contributed by atoms with Crippen LogP contribution >= 0.6 is 11.6 Å². The summed E-state index contributed by atoms with van der Waals surface area (Å²) in [6.07, 6.45) is 2.13. The van der Waals surface area contributed by atoms with Crippen molar-refractivity contribution in [2.24, 2.45) is 0 Å². The number of carbonyl (C=O) groups excluding carboxylic acids is 1. The van der Waals surface area contributed by atoms with Crippen LogP contribution in [-0.2, 0) is 14.8 Å². The van der Waals surface area contributed by atoms with Crippen molar-refractivity contribution in [3.8, 4) is 0 Å². The van der Waals surface area contributed by atoms with E-state index >= 15 is 0 Å². The molecule has 0 aliphatic carbocycles. The standard InChI is InChI=1S/C15H23ClN2O3S/c1-3-5-12-18(4-2)15(19)10-11-17-22(20,21)14-8-6-13(16)7-9-14/h6-9,17H,3-5,10-12H2,1-2H3. The van der Waals surface area contributed by atoms with Crippen LogP contribution in [0.15, 0.2) is 29.2 Å². The lowest BCUT2D eigenvalue weighted by molar-refractivity contribution is -0.130. The number of amides is 1. The van der Waals surface area contributed by atoms with Gasteiger partial charge in [0, 0.05) is 31.1 Å². The Labute approximate surface area is 137 Å². The van der Waals surface area contributed by atoms with Crippen LogP contribution in [0.25, 0.3) is 0 Å². The molecule has 1 aromatic carbocycles. The number of hydrogen-bond acceptors (Lipinski definition) is 3. The maximum atomic E-state index is 12.1. The summed E-state index contributed by atoms with van der Waals surface area (Å²) >= 11 is 5.73. The van der Waals surface area contributed by atoms with Gasteiger partial charge in [-0.3, -0.25) is 4.79 Å². The van der Waals surface area contributed by atoms with Crippen molar-refractivity contribution in [2.75, 3.05) is 19.6 Å². The molecule has 1 N–H and O–H groups in total. The average molecular weight is 347 g/mol. The Morgan fingerprint density at radius 1 is 1.23 bits per heavy atom. The fourth-order valence-corrected chi connectivity index (χ4v) is 3.11. The number of unbranched alkanes of at least 4 members (excludes halogenated alkanes) is 1. The molecule has 0 saturated heterocycles. The summed E-state index contributed by atoms with van der Waals surface area (Å²) < 4.78 is 26.6. The number of halogens is 1. The van der Waals surface area contributed by atoms with Crippen LogP contribution in [-0.4, -0.2) is 38.9 Å². The molecule has 124 valence electrons. The van der Waals surface area contributed by atoms with Crippen molar-refractivity contribution in [2.45, 2.75) is 38.0 Å². The molecule has 0 unspecified atom stereocenters. The van der Waals surface area contributed by atoms with Gasteiger partial charge in [-0.2, -0.15) is 0 Å². The molecule has 0 saturated carbocycles. The molecule has 0 aliphatic rings. The quantitative estimate of drug-likeness (QED) is 0.747. The molecule has 0 spiro atoms. The minimum absolute atomic E-state index is 0.0326. The van der Waals surface area contributed by atoms with E-state index in [4.69, 9.17) is 11.6 Å². The molecule has 5 nitrogen and oxygen atoms in total. The number of carbonyl (C=O) groups is 1. The molecular weight excluding hydrogens is 324 g/mol. The van der Waals surface area contributed by atoms with Crippen molar-refractivity contribution in [3.05, 3.63) is 29.3 Å². The lowest BCUT2D eigenvalue weighted by atomic mass is 10.3. The van der Waals surface area contributed by atoms with Gasteiger partial charge in [0.2, 0.25) is 15.9 Å². The zero-order valence-corrected chi connectivity index (χ0v) is 14.6. The molecule has 1 aromatic rings. The Hall–Kier alpha value is -1.11. The molecule has 1 rings (SSSR count). The summed E-state index contributed by atoms with van der Waals surface area (Å²) in [4.78, 5) is 13.9. The molecule has 0 aromatic heterocycles. The number of sulfonamides is 1. The molecule has 0 aliphatic heterocycles. The van der Waals surface area contributed by atoms with E-state index in [9.17, 15) is 13.2 Å². The Morgan fingerprint density at radius 2 is 1.86 bits per heavy atom. The molecule has 0 heterocycles. The fraction of sp³-hybridized carbons (Fsp3) is 0.533. The van der Waals surface area contributed by atoms with Gasteiger partial charge in [0.25, 0.3) is 0 Å². The smallest absolute Gasteiger partial charge is 0.240 e. The third-order valence-electron chi connectivity index (χ3n) is 3.27. The molecule has 0 fully saturated rings.